The fraction of sp³-hybridized carbons (Fsp3) is 0.192. The van der Waals surface area contributed by atoms with Crippen LogP contribution >= 0.6 is 0 Å². The van der Waals surface area contributed by atoms with Gasteiger partial charge in [-0.3, -0.25) is 0 Å². The Morgan fingerprint density at radius 2 is 1.34 bits per heavy atom. The van der Waals surface area contributed by atoms with E-state index in [1.165, 1.54) is 11.1 Å². The molecule has 58 heavy (non-hydrogen) atoms. The summed E-state index contributed by atoms with van der Waals surface area (Å²) in [4.78, 5) is 9.37. The van der Waals surface area contributed by atoms with Crippen molar-refractivity contribution < 1.29 is 25.8 Å². The van der Waals surface area contributed by atoms with Crippen molar-refractivity contribution in [2.45, 2.75) is 65.2 Å². The van der Waals surface area contributed by atoms with Crippen molar-refractivity contribution in [2.24, 2.45) is 0 Å². The first-order chi connectivity index (χ1) is 27.6. The number of anilines is 4. The third kappa shape index (κ3) is 7.11. The molecule has 0 N–H and O–H groups in total. The molecule has 3 heterocycles. The second-order valence-corrected chi connectivity index (χ2v) is 16.3. The number of pyridine rings is 1. The van der Waals surface area contributed by atoms with Gasteiger partial charge in [0, 0.05) is 61.3 Å². The van der Waals surface area contributed by atoms with Crippen LogP contribution in [-0.2, 0) is 31.9 Å². The minimum atomic E-state index is -0.0222. The maximum Gasteiger partial charge on any atom is 0.135 e. The van der Waals surface area contributed by atoms with Gasteiger partial charge in [-0.15, -0.1) is 53.6 Å². The molecule has 0 bridgehead atoms. The van der Waals surface area contributed by atoms with Crippen molar-refractivity contribution >= 4 is 44.6 Å². The van der Waals surface area contributed by atoms with Crippen molar-refractivity contribution in [1.29, 1.82) is 0 Å². The molecule has 2 aromatic heterocycles. The molecule has 0 atom stereocenters. The van der Waals surface area contributed by atoms with E-state index in [-0.39, 0.29) is 31.9 Å². The average molecular weight is 939 g/mol. The van der Waals surface area contributed by atoms with E-state index in [1.54, 1.807) is 0 Å². The maximum absolute atomic E-state index is 6.79. The van der Waals surface area contributed by atoms with Crippen LogP contribution < -0.4 is 14.5 Å². The largest absolute Gasteiger partial charge is 0.509 e. The molecule has 8 aromatic rings. The van der Waals surface area contributed by atoms with Gasteiger partial charge in [0.15, 0.2) is 0 Å². The molecule has 0 unspecified atom stereocenters. The first-order valence-corrected chi connectivity index (χ1v) is 20.0. The topological polar surface area (TPSA) is 33.5 Å². The molecule has 0 radical (unpaired) electrons. The Kier molecular flexibility index (Phi) is 10.5. The summed E-state index contributed by atoms with van der Waals surface area (Å²) in [6.45, 7) is 15.8. The van der Waals surface area contributed by atoms with Crippen molar-refractivity contribution in [3.05, 3.63) is 176 Å². The SMILES string of the molecule is CCC(C)(CC)c1cccc(N2[CH-]N(c3[c-]c(Oc4[c-]c5c(cc4)c4ccccc4n5-c4cc(C(C)(C)C)ccn4)cc(-c4ccccc4)c3)c3ccccc32)c1.[Pt]. The summed E-state index contributed by atoms with van der Waals surface area (Å²) in [7, 11) is 0. The number of hydrogen-bond acceptors (Lipinski definition) is 4. The zero-order chi connectivity index (χ0) is 39.3. The first kappa shape index (κ1) is 39.2. The van der Waals surface area contributed by atoms with Crippen molar-refractivity contribution in [1.82, 2.24) is 9.55 Å². The Hall–Kier alpha value is -5.64. The molecule has 6 heteroatoms. The van der Waals surface area contributed by atoms with E-state index in [2.05, 4.69) is 202 Å². The van der Waals surface area contributed by atoms with Crippen LogP contribution in [0.25, 0.3) is 38.8 Å². The zero-order valence-electron chi connectivity index (χ0n) is 33.9. The molecule has 0 aliphatic carbocycles. The molecule has 1 aliphatic rings. The fourth-order valence-corrected chi connectivity index (χ4v) is 8.01. The van der Waals surface area contributed by atoms with Crippen LogP contribution in [0.1, 0.15) is 65.5 Å². The number of ether oxygens (including phenoxy) is 1. The standard InChI is InChI=1S/C52H47N4O.Pt/c1-7-52(6,8-2)39-19-16-20-40(31-39)54-35-55(48-24-15-14-23-47(48)54)41-29-37(36-17-10-9-11-18-36)30-43(33-41)57-42-25-26-45-44-21-12-13-22-46(44)56(49(45)34-42)50-32-38(27-28-53-50)51(3,4)5;/h9-32,35H,7-8H2,1-6H3;/q-3;. The van der Waals surface area contributed by atoms with Crippen LogP contribution in [0, 0.1) is 18.8 Å². The van der Waals surface area contributed by atoms with Crippen molar-refractivity contribution in [2.75, 3.05) is 9.80 Å². The quantitative estimate of drug-likeness (QED) is 0.135. The summed E-state index contributed by atoms with van der Waals surface area (Å²) in [5, 5.41) is 2.24. The van der Waals surface area contributed by atoms with Crippen LogP contribution in [0.15, 0.2) is 146 Å². The van der Waals surface area contributed by atoms with E-state index >= 15 is 0 Å². The smallest absolute Gasteiger partial charge is 0.135 e. The van der Waals surface area contributed by atoms with Gasteiger partial charge < -0.3 is 19.1 Å². The summed E-state index contributed by atoms with van der Waals surface area (Å²) in [6.07, 6.45) is 4.07. The third-order valence-electron chi connectivity index (χ3n) is 11.8. The molecule has 0 spiro atoms. The van der Waals surface area contributed by atoms with E-state index in [0.29, 0.717) is 11.5 Å². The van der Waals surface area contributed by atoms with E-state index in [4.69, 9.17) is 9.72 Å². The summed E-state index contributed by atoms with van der Waals surface area (Å²) >= 11 is 0. The summed E-state index contributed by atoms with van der Waals surface area (Å²) < 4.78 is 8.99. The Bertz CT molecular complexity index is 2740. The summed E-state index contributed by atoms with van der Waals surface area (Å²) in [5.41, 5.74) is 11.0. The average Bonchev–Trinajstić information content (AvgIpc) is 3.80. The predicted molar refractivity (Wildman–Crippen MR) is 236 cm³/mol. The van der Waals surface area contributed by atoms with Gasteiger partial charge in [-0.05, 0) is 88.2 Å². The van der Waals surface area contributed by atoms with Gasteiger partial charge >= 0.3 is 0 Å². The molecular formula is C52H47N4OPt-3. The van der Waals surface area contributed by atoms with Crippen LogP contribution in [0.4, 0.5) is 22.7 Å². The number of benzene rings is 6. The molecule has 0 saturated carbocycles. The van der Waals surface area contributed by atoms with Crippen LogP contribution in [-0.4, -0.2) is 9.55 Å². The van der Waals surface area contributed by atoms with Crippen molar-refractivity contribution in [3.8, 4) is 28.4 Å². The van der Waals surface area contributed by atoms with Gasteiger partial charge in [0.05, 0.1) is 0 Å². The minimum Gasteiger partial charge on any atom is -0.509 e. The molecule has 6 aromatic carbocycles. The van der Waals surface area contributed by atoms with Gasteiger partial charge in [0.25, 0.3) is 0 Å². The molecule has 0 saturated heterocycles. The third-order valence-corrected chi connectivity index (χ3v) is 11.8. The molecule has 0 amide bonds. The van der Waals surface area contributed by atoms with Crippen LogP contribution in [0.3, 0.4) is 0 Å². The first-order valence-electron chi connectivity index (χ1n) is 20.0. The second kappa shape index (κ2) is 15.6. The molecule has 294 valence electrons. The molecular weight excluding hydrogens is 892 g/mol. The Labute approximate surface area is 357 Å². The fourth-order valence-electron chi connectivity index (χ4n) is 8.01. The normalized spacial score (nSPS) is 12.9. The molecule has 5 nitrogen and oxygen atoms in total. The van der Waals surface area contributed by atoms with E-state index in [1.807, 2.05) is 18.3 Å². The minimum absolute atomic E-state index is 0. The van der Waals surface area contributed by atoms with E-state index in [9.17, 15) is 0 Å². The Balaban J connectivity index is 0.00000469. The zero-order valence-corrected chi connectivity index (χ0v) is 36.1. The van der Waals surface area contributed by atoms with Gasteiger partial charge in [-0.25, -0.2) is 4.98 Å². The molecule has 0 fully saturated rings. The number of fused-ring (bicyclic) bond motifs is 4. The van der Waals surface area contributed by atoms with E-state index in [0.717, 1.165) is 74.3 Å². The van der Waals surface area contributed by atoms with Gasteiger partial charge in [-0.1, -0.05) is 120 Å². The number of aromatic nitrogens is 2. The molecule has 9 rings (SSSR count). The van der Waals surface area contributed by atoms with Gasteiger partial charge in [-0.2, -0.15) is 6.07 Å². The summed E-state index contributed by atoms with van der Waals surface area (Å²) in [5.74, 6) is 2.06. The maximum atomic E-state index is 6.79. The predicted octanol–water partition coefficient (Wildman–Crippen LogP) is 14.0. The van der Waals surface area contributed by atoms with Crippen LogP contribution in [0.5, 0.6) is 11.5 Å². The summed E-state index contributed by atoms with van der Waals surface area (Å²) in [6, 6.07) is 56.5. The van der Waals surface area contributed by atoms with Gasteiger partial charge in [0.2, 0.25) is 0 Å². The monoisotopic (exact) mass is 938 g/mol. The number of para-hydroxylation sites is 3. The van der Waals surface area contributed by atoms with Crippen molar-refractivity contribution in [3.63, 3.8) is 0 Å². The van der Waals surface area contributed by atoms with Gasteiger partial charge in [0.1, 0.15) is 5.82 Å². The number of hydrogen-bond donors (Lipinski definition) is 0. The van der Waals surface area contributed by atoms with E-state index < -0.39 is 0 Å². The number of rotatable bonds is 9. The Morgan fingerprint density at radius 3 is 2.10 bits per heavy atom. The molecule has 1 aliphatic heterocycles. The Morgan fingerprint density at radius 1 is 0.621 bits per heavy atom. The number of nitrogens with zero attached hydrogens (tertiary/aromatic N) is 4. The second-order valence-electron chi connectivity index (χ2n) is 16.3. The van der Waals surface area contributed by atoms with Crippen LogP contribution in [0.2, 0.25) is 0 Å².